The van der Waals surface area contributed by atoms with Crippen molar-refractivity contribution < 1.29 is 18.0 Å². The minimum absolute atomic E-state index is 0.0571. The molecule has 2 saturated carbocycles. The smallest absolute Gasteiger partial charge is 0.366 e. The van der Waals surface area contributed by atoms with E-state index < -0.39 is 17.6 Å². The number of primary amides is 1. The highest BCUT2D eigenvalue weighted by atomic mass is 19.4. The molecule has 5 rings (SSSR count). The van der Waals surface area contributed by atoms with E-state index in [1.54, 1.807) is 0 Å². The molecule has 4 atom stereocenters. The SMILES string of the molecule is NC(=O)c1c(C2CCCC2N2CCCC2)cc(C(F)(F)F)cc1C1CCCC1N1CCCC1. The molecule has 7 heteroatoms. The molecule has 182 valence electrons. The third-order valence-corrected chi connectivity index (χ3v) is 8.75. The van der Waals surface area contributed by atoms with Crippen LogP contribution in [0.25, 0.3) is 0 Å². The Bertz CT molecular complexity index is 819. The van der Waals surface area contributed by atoms with E-state index in [2.05, 4.69) is 9.80 Å². The van der Waals surface area contributed by atoms with Crippen LogP contribution in [0.2, 0.25) is 0 Å². The highest BCUT2D eigenvalue weighted by Gasteiger charge is 2.42. The van der Waals surface area contributed by atoms with E-state index in [1.807, 2.05) is 0 Å². The third kappa shape index (κ3) is 4.43. The Morgan fingerprint density at radius 2 is 1.18 bits per heavy atom. The molecule has 2 aliphatic carbocycles. The first-order chi connectivity index (χ1) is 15.8. The van der Waals surface area contributed by atoms with Gasteiger partial charge >= 0.3 is 6.18 Å². The minimum Gasteiger partial charge on any atom is -0.366 e. The molecule has 2 heterocycles. The van der Waals surface area contributed by atoms with Gasteiger partial charge in [0.25, 0.3) is 0 Å². The predicted octanol–water partition coefficient (Wildman–Crippen LogP) is 5.27. The molecule has 4 nitrogen and oxygen atoms in total. The lowest BCUT2D eigenvalue weighted by molar-refractivity contribution is -0.137. The first-order valence-electron chi connectivity index (χ1n) is 12.9. The summed E-state index contributed by atoms with van der Waals surface area (Å²) in [5, 5.41) is 0. The normalized spacial score (nSPS) is 31.6. The summed E-state index contributed by atoms with van der Waals surface area (Å²) in [6.45, 7) is 3.99. The van der Waals surface area contributed by atoms with Crippen LogP contribution in [0.5, 0.6) is 0 Å². The van der Waals surface area contributed by atoms with Gasteiger partial charge in [-0.05, 0) is 101 Å². The monoisotopic (exact) mass is 463 g/mol. The Hall–Kier alpha value is -1.60. The number of nitrogens with two attached hydrogens (primary N) is 1. The van der Waals surface area contributed by atoms with E-state index in [1.165, 1.54) is 12.1 Å². The van der Waals surface area contributed by atoms with E-state index in [9.17, 15) is 18.0 Å². The number of nitrogens with zero attached hydrogens (tertiary/aromatic N) is 2. The molecule has 0 radical (unpaired) electrons. The molecule has 4 unspecified atom stereocenters. The molecule has 0 bridgehead atoms. The van der Waals surface area contributed by atoms with Crippen LogP contribution in [-0.2, 0) is 6.18 Å². The van der Waals surface area contributed by atoms with Crippen LogP contribution in [0.3, 0.4) is 0 Å². The lowest BCUT2D eigenvalue weighted by Gasteiger charge is -2.34. The van der Waals surface area contributed by atoms with Crippen LogP contribution in [0.4, 0.5) is 13.2 Å². The molecule has 1 aromatic rings. The zero-order valence-electron chi connectivity index (χ0n) is 19.4. The van der Waals surface area contributed by atoms with Crippen LogP contribution < -0.4 is 5.73 Å². The maximum atomic E-state index is 14.1. The standard InChI is InChI=1S/C26H36F3N3O/c27-26(28,29)17-15-20(18-7-5-9-22(18)31-11-1-2-12-31)24(25(30)33)21(16-17)19-8-6-10-23(19)32-13-3-4-14-32/h15-16,18-19,22-23H,1-14H2,(H2,30,33). The van der Waals surface area contributed by atoms with Gasteiger partial charge in [-0.1, -0.05) is 12.8 Å². The minimum atomic E-state index is -4.44. The molecular formula is C26H36F3N3O. The lowest BCUT2D eigenvalue weighted by atomic mass is 9.80. The second-order valence-corrected chi connectivity index (χ2v) is 10.6. The van der Waals surface area contributed by atoms with Crippen molar-refractivity contribution in [1.29, 1.82) is 0 Å². The van der Waals surface area contributed by atoms with Crippen molar-refractivity contribution in [1.82, 2.24) is 9.80 Å². The van der Waals surface area contributed by atoms with Crippen LogP contribution in [-0.4, -0.2) is 54.0 Å². The summed E-state index contributed by atoms with van der Waals surface area (Å²) in [4.78, 5) is 17.8. The molecule has 2 N–H and O–H groups in total. The Morgan fingerprint density at radius 3 is 1.55 bits per heavy atom. The first kappa shape index (κ1) is 23.2. The summed E-state index contributed by atoms with van der Waals surface area (Å²) in [6.07, 6.45) is 5.68. The molecule has 4 fully saturated rings. The van der Waals surface area contributed by atoms with Gasteiger partial charge in [0.05, 0.1) is 5.56 Å². The van der Waals surface area contributed by atoms with Gasteiger partial charge in [0, 0.05) is 29.5 Å². The Morgan fingerprint density at radius 1 is 0.758 bits per heavy atom. The van der Waals surface area contributed by atoms with Crippen LogP contribution in [0.1, 0.15) is 103 Å². The molecule has 1 amide bonds. The second kappa shape index (κ2) is 9.21. The van der Waals surface area contributed by atoms with Crippen molar-refractivity contribution in [3.8, 4) is 0 Å². The predicted molar refractivity (Wildman–Crippen MR) is 122 cm³/mol. The molecule has 2 aliphatic heterocycles. The van der Waals surface area contributed by atoms with Crippen LogP contribution in [0.15, 0.2) is 12.1 Å². The number of carbonyl (C=O) groups is 1. The van der Waals surface area contributed by atoms with Crippen molar-refractivity contribution >= 4 is 5.91 Å². The average Bonchev–Trinajstić information content (AvgIpc) is 3.57. The zero-order valence-corrected chi connectivity index (χ0v) is 19.4. The van der Waals surface area contributed by atoms with Gasteiger partial charge in [-0.25, -0.2) is 0 Å². The van der Waals surface area contributed by atoms with Crippen molar-refractivity contribution in [2.75, 3.05) is 26.2 Å². The number of hydrogen-bond donors (Lipinski definition) is 1. The topological polar surface area (TPSA) is 49.6 Å². The fourth-order valence-electron chi connectivity index (χ4n) is 7.35. The number of alkyl halides is 3. The van der Waals surface area contributed by atoms with E-state index in [0.717, 1.165) is 90.4 Å². The number of carbonyl (C=O) groups excluding carboxylic acids is 1. The Balaban J connectivity index is 1.61. The molecule has 1 aromatic carbocycles. The summed E-state index contributed by atoms with van der Waals surface area (Å²) in [6, 6.07) is 2.95. The molecule has 2 saturated heterocycles. The molecule has 4 aliphatic rings. The van der Waals surface area contributed by atoms with Crippen molar-refractivity contribution in [3.63, 3.8) is 0 Å². The maximum absolute atomic E-state index is 14.1. The van der Waals surface area contributed by atoms with Gasteiger partial charge in [-0.2, -0.15) is 13.2 Å². The molecule has 0 aromatic heterocycles. The molecular weight excluding hydrogens is 427 g/mol. The highest BCUT2D eigenvalue weighted by Crippen LogP contribution is 2.47. The number of amides is 1. The van der Waals surface area contributed by atoms with Crippen molar-refractivity contribution in [3.05, 3.63) is 34.4 Å². The van der Waals surface area contributed by atoms with Crippen LogP contribution >= 0.6 is 0 Å². The van der Waals surface area contributed by atoms with E-state index in [0.29, 0.717) is 16.7 Å². The number of likely N-dealkylation sites (tertiary alicyclic amines) is 2. The average molecular weight is 464 g/mol. The Labute approximate surface area is 194 Å². The summed E-state index contributed by atoms with van der Waals surface area (Å²) >= 11 is 0. The van der Waals surface area contributed by atoms with Gasteiger partial charge in [-0.15, -0.1) is 0 Å². The molecule has 0 spiro atoms. The number of hydrogen-bond acceptors (Lipinski definition) is 3. The van der Waals surface area contributed by atoms with Gasteiger partial charge < -0.3 is 5.73 Å². The zero-order chi connectivity index (χ0) is 23.2. The van der Waals surface area contributed by atoms with Gasteiger partial charge in [-0.3, -0.25) is 14.6 Å². The van der Waals surface area contributed by atoms with Crippen LogP contribution in [0, 0.1) is 0 Å². The third-order valence-electron chi connectivity index (χ3n) is 8.75. The highest BCUT2D eigenvalue weighted by molar-refractivity contribution is 5.96. The van der Waals surface area contributed by atoms with Gasteiger partial charge in [0.1, 0.15) is 0 Å². The summed E-state index contributed by atoms with van der Waals surface area (Å²) in [7, 11) is 0. The number of halogens is 3. The first-order valence-corrected chi connectivity index (χ1v) is 12.9. The Kier molecular flexibility index (Phi) is 6.47. The summed E-state index contributed by atoms with van der Waals surface area (Å²) in [5.41, 5.74) is 6.87. The van der Waals surface area contributed by atoms with E-state index in [4.69, 9.17) is 5.73 Å². The second-order valence-electron chi connectivity index (χ2n) is 10.6. The lowest BCUT2D eigenvalue weighted by Crippen LogP contribution is -2.37. The molecule has 33 heavy (non-hydrogen) atoms. The fraction of sp³-hybridized carbons (Fsp3) is 0.731. The number of benzene rings is 1. The van der Waals surface area contributed by atoms with Gasteiger partial charge in [0.2, 0.25) is 5.91 Å². The fourth-order valence-corrected chi connectivity index (χ4v) is 7.35. The maximum Gasteiger partial charge on any atom is 0.416 e. The van der Waals surface area contributed by atoms with Crippen molar-refractivity contribution in [2.24, 2.45) is 5.73 Å². The van der Waals surface area contributed by atoms with E-state index in [-0.39, 0.29) is 23.9 Å². The van der Waals surface area contributed by atoms with Gasteiger partial charge in [0.15, 0.2) is 0 Å². The quantitative estimate of drug-likeness (QED) is 0.647. The number of rotatable bonds is 5. The summed E-state index contributed by atoms with van der Waals surface area (Å²) in [5.74, 6) is -0.676. The summed E-state index contributed by atoms with van der Waals surface area (Å²) < 4.78 is 42.3. The van der Waals surface area contributed by atoms with E-state index >= 15 is 0 Å². The largest absolute Gasteiger partial charge is 0.416 e. The van der Waals surface area contributed by atoms with Crippen molar-refractivity contribution in [2.45, 2.75) is 94.3 Å².